The first kappa shape index (κ1) is 29.6. The molecule has 0 aliphatic heterocycles. The molecule has 7 rings (SSSR count). The molecule has 6 aromatic carbocycles. The van der Waals surface area contributed by atoms with Crippen LogP contribution in [0.4, 0.5) is 0 Å². The SMILES string of the molecule is CC(C)(C)[Si](C)(C)Oc1ccc(Op2oc3ccc4ccccc4c3c3c(ccc4ccccc43)o2)c(Sc2ccccc2)c1. The molecule has 0 unspecified atom stereocenters. The van der Waals surface area contributed by atoms with Gasteiger partial charge in [0.25, 0.3) is 0 Å². The van der Waals surface area contributed by atoms with Crippen LogP contribution in [-0.2, 0) is 0 Å². The Balaban J connectivity index is 1.41. The van der Waals surface area contributed by atoms with Crippen molar-refractivity contribution in [1.82, 2.24) is 0 Å². The molecule has 0 saturated carbocycles. The van der Waals surface area contributed by atoms with Crippen molar-refractivity contribution in [3.05, 3.63) is 121 Å². The monoisotopic (exact) mass is 646 g/mol. The molecular formula is C38H35O4PSSi. The Morgan fingerprint density at radius 3 is 1.78 bits per heavy atom. The molecular weight excluding hydrogens is 612 g/mol. The van der Waals surface area contributed by atoms with Gasteiger partial charge in [0.05, 0.1) is 4.90 Å². The van der Waals surface area contributed by atoms with Gasteiger partial charge in [-0.3, -0.25) is 0 Å². The molecule has 7 aromatic rings. The van der Waals surface area contributed by atoms with Crippen molar-refractivity contribution in [1.29, 1.82) is 0 Å². The third-order valence-corrected chi connectivity index (χ3v) is 15.1. The minimum Gasteiger partial charge on any atom is -0.543 e. The second kappa shape index (κ2) is 11.7. The first-order chi connectivity index (χ1) is 21.7. The zero-order valence-corrected chi connectivity index (χ0v) is 28.7. The van der Waals surface area contributed by atoms with Crippen LogP contribution in [0.25, 0.3) is 43.5 Å². The molecule has 4 nitrogen and oxygen atoms in total. The van der Waals surface area contributed by atoms with Crippen LogP contribution in [0, 0.1) is 0 Å². The van der Waals surface area contributed by atoms with Crippen LogP contribution in [0.15, 0.2) is 140 Å². The Morgan fingerprint density at radius 2 is 1.20 bits per heavy atom. The van der Waals surface area contributed by atoms with E-state index in [2.05, 4.69) is 113 Å². The van der Waals surface area contributed by atoms with Gasteiger partial charge in [0.2, 0.25) is 8.32 Å². The topological polar surface area (TPSA) is 44.7 Å². The molecule has 0 fully saturated rings. The normalized spacial score (nSPS) is 12.2. The third-order valence-electron chi connectivity index (χ3n) is 8.62. The number of hydrogen-bond donors (Lipinski definition) is 0. The summed E-state index contributed by atoms with van der Waals surface area (Å²) in [6.45, 7) is 11.3. The summed E-state index contributed by atoms with van der Waals surface area (Å²) in [7, 11) is -3.90. The maximum absolute atomic E-state index is 6.70. The minimum atomic E-state index is -2.05. The summed E-state index contributed by atoms with van der Waals surface area (Å²) >= 11 is 1.64. The van der Waals surface area contributed by atoms with Crippen molar-refractivity contribution < 1.29 is 17.3 Å². The molecule has 0 saturated heterocycles. The van der Waals surface area contributed by atoms with Crippen LogP contribution in [-0.4, -0.2) is 8.32 Å². The fraction of sp³-hybridized carbons (Fsp3) is 0.158. The van der Waals surface area contributed by atoms with Crippen molar-refractivity contribution in [3.8, 4) is 11.5 Å². The molecule has 0 amide bonds. The Hall–Kier alpha value is -4.09. The van der Waals surface area contributed by atoms with Gasteiger partial charge in [-0.2, -0.15) is 0 Å². The van der Waals surface area contributed by atoms with Gasteiger partial charge < -0.3 is 17.3 Å². The molecule has 0 spiro atoms. The molecule has 0 aliphatic rings. The summed E-state index contributed by atoms with van der Waals surface area (Å²) in [6, 6.07) is 41.5. The zero-order chi connectivity index (χ0) is 31.2. The van der Waals surface area contributed by atoms with Gasteiger partial charge in [-0.05, 0) is 82.1 Å². The smallest absolute Gasteiger partial charge is 0.453 e. The van der Waals surface area contributed by atoms with Crippen molar-refractivity contribution in [2.24, 2.45) is 0 Å². The van der Waals surface area contributed by atoms with E-state index in [1.165, 1.54) is 0 Å². The van der Waals surface area contributed by atoms with Crippen molar-refractivity contribution >= 4 is 71.8 Å². The van der Waals surface area contributed by atoms with Gasteiger partial charge in [-0.1, -0.05) is 111 Å². The van der Waals surface area contributed by atoms with Crippen LogP contribution in [0.5, 0.6) is 11.5 Å². The molecule has 226 valence electrons. The third kappa shape index (κ3) is 5.86. The predicted octanol–water partition coefficient (Wildman–Crippen LogP) is 13.0. The Bertz CT molecular complexity index is 2120. The largest absolute Gasteiger partial charge is 0.543 e. The number of benzene rings is 6. The second-order valence-electron chi connectivity index (χ2n) is 12.7. The van der Waals surface area contributed by atoms with Gasteiger partial charge in [0, 0.05) is 15.7 Å². The summed E-state index contributed by atoms with van der Waals surface area (Å²) in [4.78, 5) is 2.05. The quantitative estimate of drug-likeness (QED) is 0.168. The number of hydrogen-bond acceptors (Lipinski definition) is 5. The Kier molecular flexibility index (Phi) is 7.69. The molecule has 1 aromatic heterocycles. The average Bonchev–Trinajstić information content (AvgIpc) is 3.19. The fourth-order valence-corrected chi connectivity index (χ4v) is 8.31. The highest BCUT2D eigenvalue weighted by atomic mass is 32.2. The summed E-state index contributed by atoms with van der Waals surface area (Å²) in [6.07, 6.45) is 0. The van der Waals surface area contributed by atoms with Gasteiger partial charge in [0.1, 0.15) is 16.9 Å². The number of rotatable bonds is 6. The van der Waals surface area contributed by atoms with E-state index in [1.54, 1.807) is 11.8 Å². The van der Waals surface area contributed by atoms with E-state index in [0.29, 0.717) is 5.75 Å². The van der Waals surface area contributed by atoms with Gasteiger partial charge in [0.15, 0.2) is 5.75 Å². The molecule has 0 radical (unpaired) electrons. The van der Waals surface area contributed by atoms with E-state index in [9.17, 15) is 0 Å². The van der Waals surface area contributed by atoms with Gasteiger partial charge in [-0.25, -0.2) is 0 Å². The van der Waals surface area contributed by atoms with E-state index in [1.807, 2.05) is 42.5 Å². The molecule has 0 aliphatic carbocycles. The Labute approximate surface area is 269 Å². The highest BCUT2D eigenvalue weighted by Crippen LogP contribution is 2.46. The summed E-state index contributed by atoms with van der Waals surface area (Å²) in [5.41, 5.74) is 1.48. The van der Waals surface area contributed by atoms with Crippen molar-refractivity contribution in [2.75, 3.05) is 0 Å². The standard InChI is InChI=1S/C38H35O4PSSi/c1-38(2,3)45(4,5)42-28-21-24-32(35(25-28)44-29-15-7-6-8-16-29)39-43-40-33-22-19-26-13-9-11-17-30(26)36(33)37-31-18-12-10-14-27(31)20-23-34(37)41-43/h6-25H,1-5H3. The fourth-order valence-electron chi connectivity index (χ4n) is 5.24. The molecule has 0 atom stereocenters. The van der Waals surface area contributed by atoms with Crippen molar-refractivity contribution in [3.63, 3.8) is 0 Å². The molecule has 1 heterocycles. The van der Waals surface area contributed by atoms with Crippen LogP contribution in [0.1, 0.15) is 20.8 Å². The van der Waals surface area contributed by atoms with Crippen molar-refractivity contribution in [2.45, 2.75) is 48.7 Å². The van der Waals surface area contributed by atoms with E-state index in [4.69, 9.17) is 17.3 Å². The molecule has 45 heavy (non-hydrogen) atoms. The van der Waals surface area contributed by atoms with Crippen LogP contribution < -0.4 is 8.95 Å². The highest BCUT2D eigenvalue weighted by Gasteiger charge is 2.39. The molecule has 0 N–H and O–H groups in total. The van der Waals surface area contributed by atoms with Gasteiger partial charge in [-0.15, -0.1) is 0 Å². The first-order valence-electron chi connectivity index (χ1n) is 15.1. The summed E-state index contributed by atoms with van der Waals surface area (Å²) < 4.78 is 26.7. The maximum atomic E-state index is 6.70. The lowest BCUT2D eigenvalue weighted by Crippen LogP contribution is -2.43. The van der Waals surface area contributed by atoms with E-state index in [-0.39, 0.29) is 5.04 Å². The van der Waals surface area contributed by atoms with E-state index < -0.39 is 16.6 Å². The number of fused-ring (bicyclic) bond motifs is 7. The second-order valence-corrected chi connectivity index (χ2v) is 19.5. The zero-order valence-electron chi connectivity index (χ0n) is 26.0. The molecule has 0 bridgehead atoms. The Morgan fingerprint density at radius 1 is 0.644 bits per heavy atom. The predicted molar refractivity (Wildman–Crippen MR) is 192 cm³/mol. The van der Waals surface area contributed by atoms with E-state index in [0.717, 1.165) is 59.0 Å². The summed E-state index contributed by atoms with van der Waals surface area (Å²) in [5.74, 6) is 1.53. The lowest BCUT2D eigenvalue weighted by atomic mass is 9.99. The lowest BCUT2D eigenvalue weighted by molar-refractivity contribution is 0.479. The van der Waals surface area contributed by atoms with Crippen LogP contribution in [0.3, 0.4) is 0 Å². The van der Waals surface area contributed by atoms with Gasteiger partial charge >= 0.3 is 8.24 Å². The van der Waals surface area contributed by atoms with Crippen LogP contribution in [0.2, 0.25) is 18.1 Å². The lowest BCUT2D eigenvalue weighted by Gasteiger charge is -2.36. The van der Waals surface area contributed by atoms with Crippen LogP contribution >= 0.6 is 20.0 Å². The minimum absolute atomic E-state index is 0.0787. The average molecular weight is 647 g/mol. The highest BCUT2D eigenvalue weighted by molar-refractivity contribution is 7.99. The maximum Gasteiger partial charge on any atom is 0.453 e. The summed E-state index contributed by atoms with van der Waals surface area (Å²) in [5, 5.41) is 6.63. The first-order valence-corrected chi connectivity index (χ1v) is 19.9. The molecule has 7 heteroatoms. The van der Waals surface area contributed by atoms with E-state index >= 15 is 0 Å².